The highest BCUT2D eigenvalue weighted by molar-refractivity contribution is 5.96. The lowest BCUT2D eigenvalue weighted by Crippen LogP contribution is -1.97. The molecule has 1 aliphatic rings. The van der Waals surface area contributed by atoms with Crippen molar-refractivity contribution in [2.45, 2.75) is 25.7 Å². The maximum Gasteiger partial charge on any atom is 0.176 e. The van der Waals surface area contributed by atoms with Crippen LogP contribution in [-0.4, -0.2) is 5.84 Å². The van der Waals surface area contributed by atoms with Crippen LogP contribution in [0, 0.1) is 11.2 Å². The number of hydrogen-bond acceptors (Lipinski definition) is 3. The second-order valence-electron chi connectivity index (χ2n) is 5.57. The van der Waals surface area contributed by atoms with Crippen LogP contribution in [0.1, 0.15) is 37.4 Å². The zero-order valence-electron chi connectivity index (χ0n) is 12.7. The Hall–Kier alpha value is -2.76. The summed E-state index contributed by atoms with van der Waals surface area (Å²) in [7, 11) is 0. The topological polar surface area (TPSA) is 83.8 Å². The van der Waals surface area contributed by atoms with Crippen LogP contribution in [0.5, 0.6) is 11.5 Å². The van der Waals surface area contributed by atoms with Gasteiger partial charge in [0, 0.05) is 12.6 Å². The fourth-order valence-electron chi connectivity index (χ4n) is 2.93. The molecule has 0 amide bonds. The van der Waals surface area contributed by atoms with Crippen molar-refractivity contribution in [3.05, 3.63) is 58.9 Å². The summed E-state index contributed by atoms with van der Waals surface area (Å²) < 4.78 is 19.9. The monoisotopic (exact) mass is 314 g/mol. The molecule has 0 unspecified atom stereocenters. The van der Waals surface area contributed by atoms with Crippen molar-refractivity contribution in [3.8, 4) is 11.5 Å². The minimum Gasteiger partial charge on any atom is -0.457 e. The van der Waals surface area contributed by atoms with Gasteiger partial charge in [0.05, 0.1) is 0 Å². The number of benzene rings is 2. The second-order valence-corrected chi connectivity index (χ2v) is 5.57. The number of amidine groups is 1. The molecule has 0 fully saturated rings. The van der Waals surface area contributed by atoms with Gasteiger partial charge < -0.3 is 10.6 Å². The minimum absolute atomic E-state index is 0. The average Bonchev–Trinajstić information content (AvgIpc) is 2.94. The summed E-state index contributed by atoms with van der Waals surface area (Å²) in [5.41, 5.74) is 2.31. The molecule has 2 aromatic carbocycles. The summed E-state index contributed by atoms with van der Waals surface area (Å²) in [6.07, 6.45) is 1.76. The van der Waals surface area contributed by atoms with E-state index < -0.39 is 0 Å². The fourth-order valence-corrected chi connectivity index (χ4v) is 2.93. The Morgan fingerprint density at radius 3 is 2.74 bits per heavy atom. The first kappa shape index (κ1) is 15.1. The molecule has 5 nitrogen and oxygen atoms in total. The second kappa shape index (κ2) is 6.16. The van der Waals surface area contributed by atoms with Crippen LogP contribution in [-0.2, 0) is 6.42 Å². The highest BCUT2D eigenvalue weighted by atomic mass is 19.1. The van der Waals surface area contributed by atoms with E-state index in [2.05, 4.69) is 10.3 Å². The van der Waals surface area contributed by atoms with Crippen molar-refractivity contribution >= 4 is 5.84 Å². The first-order valence-corrected chi connectivity index (χ1v) is 7.39. The van der Waals surface area contributed by atoms with Gasteiger partial charge in [-0.2, -0.15) is 0 Å². The Balaban J connectivity index is 0.00000208. The number of fused-ring (bicyclic) bond motifs is 1. The molecule has 0 spiro atoms. The average molecular weight is 314 g/mol. The summed E-state index contributed by atoms with van der Waals surface area (Å²) in [5.74, 6) is 6.29. The molecular weight excluding hydrogens is 295 g/mol. The van der Waals surface area contributed by atoms with Crippen LogP contribution in [0.3, 0.4) is 0 Å². The van der Waals surface area contributed by atoms with Gasteiger partial charge in [-0.3, -0.25) is 5.41 Å². The predicted octanol–water partition coefficient (Wildman–Crippen LogP) is 4.56. The third-order valence-corrected chi connectivity index (χ3v) is 4.09. The zero-order valence-corrected chi connectivity index (χ0v) is 12.7. The van der Waals surface area contributed by atoms with Crippen molar-refractivity contribution in [3.63, 3.8) is 0 Å². The molecule has 0 saturated carbocycles. The summed E-state index contributed by atoms with van der Waals surface area (Å²) in [5, 5.41) is 14.2. The number of nitrogens with two attached hydrogens (primary N) is 1. The maximum atomic E-state index is 14.0. The highest BCUT2D eigenvalue weighted by Crippen LogP contribution is 2.41. The van der Waals surface area contributed by atoms with Crippen LogP contribution >= 0.6 is 0 Å². The number of halogens is 1. The SMILES string of the molecule is C[C@@H]1CCc2c(Oc3ccc(C(=N)N=NN)cc3)ccc(F)c21.[HH]. The molecule has 2 aromatic rings. The lowest BCUT2D eigenvalue weighted by molar-refractivity contribution is 0.474. The summed E-state index contributed by atoms with van der Waals surface area (Å²) >= 11 is 0. The van der Waals surface area contributed by atoms with Crippen molar-refractivity contribution in [2.24, 2.45) is 16.2 Å². The van der Waals surface area contributed by atoms with E-state index in [1.165, 1.54) is 6.07 Å². The van der Waals surface area contributed by atoms with Gasteiger partial charge in [0.25, 0.3) is 0 Å². The van der Waals surface area contributed by atoms with E-state index in [4.69, 9.17) is 16.0 Å². The van der Waals surface area contributed by atoms with Crippen molar-refractivity contribution in [2.75, 3.05) is 0 Å². The third kappa shape index (κ3) is 2.92. The molecule has 1 aliphatic carbocycles. The fraction of sp³-hybridized carbons (Fsp3) is 0.235. The molecule has 0 radical (unpaired) electrons. The molecule has 0 bridgehead atoms. The molecule has 0 aliphatic heterocycles. The number of nitrogens with one attached hydrogen (secondary N) is 1. The van der Waals surface area contributed by atoms with Gasteiger partial charge in [0.15, 0.2) is 5.84 Å². The van der Waals surface area contributed by atoms with Crippen molar-refractivity contribution in [1.82, 2.24) is 0 Å². The molecule has 0 saturated heterocycles. The van der Waals surface area contributed by atoms with Crippen LogP contribution in [0.2, 0.25) is 0 Å². The Morgan fingerprint density at radius 2 is 2.04 bits per heavy atom. The summed E-state index contributed by atoms with van der Waals surface area (Å²) in [6, 6.07) is 10.0. The Kier molecular flexibility index (Phi) is 4.06. The molecule has 0 heterocycles. The zero-order chi connectivity index (χ0) is 16.4. The van der Waals surface area contributed by atoms with E-state index in [0.717, 1.165) is 24.0 Å². The van der Waals surface area contributed by atoms with Gasteiger partial charge in [-0.15, -0.1) is 5.11 Å². The first-order valence-electron chi connectivity index (χ1n) is 7.39. The Labute approximate surface area is 135 Å². The van der Waals surface area contributed by atoms with Crippen LogP contribution < -0.4 is 10.6 Å². The van der Waals surface area contributed by atoms with E-state index in [0.29, 0.717) is 17.1 Å². The maximum absolute atomic E-state index is 14.0. The molecule has 23 heavy (non-hydrogen) atoms. The lowest BCUT2D eigenvalue weighted by atomic mass is 10.0. The number of nitrogens with zero attached hydrogens (tertiary/aromatic N) is 2. The predicted molar refractivity (Wildman–Crippen MR) is 87.6 cm³/mol. The van der Waals surface area contributed by atoms with E-state index >= 15 is 0 Å². The van der Waals surface area contributed by atoms with E-state index in [1.54, 1.807) is 30.3 Å². The summed E-state index contributed by atoms with van der Waals surface area (Å²) in [4.78, 5) is 0. The number of hydrogen-bond donors (Lipinski definition) is 2. The molecular formula is C17H19FN4O. The summed E-state index contributed by atoms with van der Waals surface area (Å²) in [6.45, 7) is 2.03. The Morgan fingerprint density at radius 1 is 1.30 bits per heavy atom. The van der Waals surface area contributed by atoms with E-state index in [-0.39, 0.29) is 19.0 Å². The Bertz CT molecular complexity index is 777. The van der Waals surface area contributed by atoms with Crippen LogP contribution in [0.25, 0.3) is 0 Å². The first-order chi connectivity index (χ1) is 11.1. The van der Waals surface area contributed by atoms with Crippen LogP contribution in [0.4, 0.5) is 4.39 Å². The number of ether oxygens (including phenoxy) is 1. The van der Waals surface area contributed by atoms with Gasteiger partial charge >= 0.3 is 0 Å². The number of rotatable bonds is 3. The van der Waals surface area contributed by atoms with Crippen LogP contribution in [0.15, 0.2) is 46.7 Å². The van der Waals surface area contributed by atoms with Gasteiger partial charge in [-0.05, 0) is 60.7 Å². The van der Waals surface area contributed by atoms with Crippen molar-refractivity contribution in [1.29, 1.82) is 5.41 Å². The smallest absolute Gasteiger partial charge is 0.176 e. The molecule has 3 N–H and O–H groups in total. The molecule has 3 rings (SSSR count). The van der Waals surface area contributed by atoms with Gasteiger partial charge in [0.2, 0.25) is 0 Å². The quantitative estimate of drug-likeness (QED) is 0.286. The minimum atomic E-state index is -0.159. The molecule has 120 valence electrons. The van der Waals surface area contributed by atoms with E-state index in [9.17, 15) is 4.39 Å². The third-order valence-electron chi connectivity index (χ3n) is 4.09. The highest BCUT2D eigenvalue weighted by Gasteiger charge is 2.25. The largest absolute Gasteiger partial charge is 0.457 e. The lowest BCUT2D eigenvalue weighted by Gasteiger charge is -2.12. The van der Waals surface area contributed by atoms with Gasteiger partial charge in [0.1, 0.15) is 17.3 Å². The molecule has 6 heteroatoms. The normalized spacial score (nSPS) is 16.5. The molecule has 1 atom stereocenters. The van der Waals surface area contributed by atoms with Gasteiger partial charge in [-0.1, -0.05) is 12.1 Å². The van der Waals surface area contributed by atoms with Crippen molar-refractivity contribution < 1.29 is 10.6 Å². The molecule has 0 aromatic heterocycles. The van der Waals surface area contributed by atoms with Gasteiger partial charge in [-0.25, -0.2) is 4.39 Å². The van der Waals surface area contributed by atoms with E-state index in [1.807, 2.05) is 6.92 Å². The standard InChI is InChI=1S/C17H17FN4O.H2/c1-10-2-7-13-15(9-8-14(18)16(10)13)23-12-5-3-11(4-6-12)17(19)21-22-20;/h3-6,8-10H,2,7H2,1H3,(H3,19,20,21);1H/t10-;/m1./s1.